The summed E-state index contributed by atoms with van der Waals surface area (Å²) in [6.07, 6.45) is 3.35. The lowest BCUT2D eigenvalue weighted by atomic mass is 9.98. The second-order valence-electron chi connectivity index (χ2n) is 6.22. The van der Waals surface area contributed by atoms with Crippen LogP contribution in [0.3, 0.4) is 0 Å². The number of nitrogens with one attached hydrogen (secondary N) is 2. The quantitative estimate of drug-likeness (QED) is 0.868. The maximum absolute atomic E-state index is 12.1. The minimum absolute atomic E-state index is 0.0135. The number of rotatable bonds is 5. The first-order valence-electron chi connectivity index (χ1n) is 7.25. The summed E-state index contributed by atoms with van der Waals surface area (Å²) in [4.78, 5) is 27.8. The Labute approximate surface area is 139 Å². The average Bonchev–Trinajstić information content (AvgIpc) is 3.07. The van der Waals surface area contributed by atoms with Crippen molar-refractivity contribution in [3.63, 3.8) is 0 Å². The van der Waals surface area contributed by atoms with Gasteiger partial charge in [-0.15, -0.1) is 11.3 Å². The van der Waals surface area contributed by atoms with Crippen LogP contribution in [0.5, 0.6) is 0 Å². The third-order valence-corrected chi connectivity index (χ3v) is 4.35. The lowest BCUT2D eigenvalue weighted by Crippen LogP contribution is -2.23. The SMILES string of the molecule is CNC(=O)Cn1cc(NC(=O)Cc2csc(C(C)(C)C)n2)cn1. The summed E-state index contributed by atoms with van der Waals surface area (Å²) >= 11 is 1.57. The van der Waals surface area contributed by atoms with Crippen LogP contribution in [0.15, 0.2) is 17.8 Å². The number of thiazole rings is 1. The van der Waals surface area contributed by atoms with Gasteiger partial charge in [0.05, 0.1) is 29.0 Å². The Kier molecular flexibility index (Phi) is 5.15. The maximum Gasteiger partial charge on any atom is 0.241 e. The molecule has 0 fully saturated rings. The number of nitrogens with zero attached hydrogens (tertiary/aromatic N) is 3. The molecule has 0 atom stereocenters. The first kappa shape index (κ1) is 17.1. The second kappa shape index (κ2) is 6.91. The molecule has 2 N–H and O–H groups in total. The highest BCUT2D eigenvalue weighted by Crippen LogP contribution is 2.25. The lowest BCUT2D eigenvalue weighted by Gasteiger charge is -2.13. The minimum atomic E-state index is -0.157. The molecule has 0 unspecified atom stereocenters. The zero-order valence-electron chi connectivity index (χ0n) is 13.7. The van der Waals surface area contributed by atoms with Gasteiger partial charge in [0, 0.05) is 24.0 Å². The van der Waals surface area contributed by atoms with Crippen molar-refractivity contribution in [1.29, 1.82) is 0 Å². The van der Waals surface area contributed by atoms with Crippen molar-refractivity contribution in [3.8, 4) is 0 Å². The van der Waals surface area contributed by atoms with E-state index >= 15 is 0 Å². The van der Waals surface area contributed by atoms with Crippen LogP contribution in [0.25, 0.3) is 0 Å². The summed E-state index contributed by atoms with van der Waals surface area (Å²) in [7, 11) is 1.56. The predicted molar refractivity (Wildman–Crippen MR) is 89.4 cm³/mol. The molecule has 0 aliphatic carbocycles. The molecule has 2 aromatic rings. The number of aromatic nitrogens is 3. The van der Waals surface area contributed by atoms with E-state index in [1.807, 2.05) is 5.38 Å². The van der Waals surface area contributed by atoms with Gasteiger partial charge in [-0.3, -0.25) is 14.3 Å². The van der Waals surface area contributed by atoms with Crippen LogP contribution in [-0.4, -0.2) is 33.6 Å². The topological polar surface area (TPSA) is 88.9 Å². The van der Waals surface area contributed by atoms with E-state index in [0.29, 0.717) is 5.69 Å². The van der Waals surface area contributed by atoms with E-state index in [4.69, 9.17) is 0 Å². The van der Waals surface area contributed by atoms with Gasteiger partial charge in [0.2, 0.25) is 11.8 Å². The number of likely N-dealkylation sites (N-methyl/N-ethyl adjacent to an activating group) is 1. The van der Waals surface area contributed by atoms with E-state index in [0.717, 1.165) is 10.7 Å². The molecule has 0 bridgehead atoms. The fourth-order valence-electron chi connectivity index (χ4n) is 1.84. The van der Waals surface area contributed by atoms with E-state index in [1.54, 1.807) is 24.6 Å². The Morgan fingerprint density at radius 3 is 2.65 bits per heavy atom. The molecule has 8 heteroatoms. The van der Waals surface area contributed by atoms with Gasteiger partial charge in [0.25, 0.3) is 0 Å². The summed E-state index contributed by atoms with van der Waals surface area (Å²) in [5, 5.41) is 12.2. The molecule has 2 aromatic heterocycles. The molecule has 2 heterocycles. The van der Waals surface area contributed by atoms with Gasteiger partial charge in [0.15, 0.2) is 0 Å². The minimum Gasteiger partial charge on any atom is -0.358 e. The predicted octanol–water partition coefficient (Wildman–Crippen LogP) is 1.56. The van der Waals surface area contributed by atoms with Crippen LogP contribution < -0.4 is 10.6 Å². The van der Waals surface area contributed by atoms with Gasteiger partial charge in [-0.05, 0) is 0 Å². The number of amides is 2. The molecule has 0 radical (unpaired) electrons. The fourth-order valence-corrected chi connectivity index (χ4v) is 2.75. The van der Waals surface area contributed by atoms with E-state index in [-0.39, 0.29) is 30.2 Å². The van der Waals surface area contributed by atoms with Crippen molar-refractivity contribution in [2.75, 3.05) is 12.4 Å². The average molecular weight is 335 g/mol. The monoisotopic (exact) mass is 335 g/mol. The molecular weight excluding hydrogens is 314 g/mol. The molecular formula is C15H21N5O2S. The summed E-state index contributed by atoms with van der Waals surface area (Å²) in [5.74, 6) is -0.307. The van der Waals surface area contributed by atoms with Crippen molar-refractivity contribution in [3.05, 3.63) is 28.5 Å². The maximum atomic E-state index is 12.1. The first-order valence-corrected chi connectivity index (χ1v) is 8.13. The van der Waals surface area contributed by atoms with Crippen molar-refractivity contribution >= 4 is 28.8 Å². The van der Waals surface area contributed by atoms with Crippen LogP contribution in [0, 0.1) is 0 Å². The van der Waals surface area contributed by atoms with Crippen molar-refractivity contribution < 1.29 is 9.59 Å². The normalized spacial score (nSPS) is 11.3. The molecule has 0 spiro atoms. The molecule has 0 aromatic carbocycles. The molecule has 0 aliphatic heterocycles. The van der Waals surface area contributed by atoms with Crippen LogP contribution in [0.1, 0.15) is 31.5 Å². The van der Waals surface area contributed by atoms with Crippen molar-refractivity contribution in [2.45, 2.75) is 39.2 Å². The van der Waals surface area contributed by atoms with E-state index in [9.17, 15) is 9.59 Å². The third-order valence-electron chi connectivity index (χ3n) is 3.04. The number of hydrogen-bond acceptors (Lipinski definition) is 5. The summed E-state index contributed by atoms with van der Waals surface area (Å²) in [5.41, 5.74) is 1.31. The number of carbonyl (C=O) groups excluding carboxylic acids is 2. The van der Waals surface area contributed by atoms with Crippen LogP contribution in [-0.2, 0) is 28.0 Å². The Hall–Kier alpha value is -2.22. The zero-order valence-corrected chi connectivity index (χ0v) is 14.5. The first-order chi connectivity index (χ1) is 10.8. The van der Waals surface area contributed by atoms with Gasteiger partial charge in [-0.1, -0.05) is 20.8 Å². The third kappa shape index (κ3) is 4.88. The Balaban J connectivity index is 1.92. The highest BCUT2D eigenvalue weighted by molar-refractivity contribution is 7.09. The van der Waals surface area contributed by atoms with Crippen molar-refractivity contribution in [2.24, 2.45) is 0 Å². The van der Waals surface area contributed by atoms with Crippen LogP contribution in [0.2, 0.25) is 0 Å². The van der Waals surface area contributed by atoms with Gasteiger partial charge in [-0.2, -0.15) is 5.10 Å². The molecule has 0 aliphatic rings. The Morgan fingerprint density at radius 1 is 1.30 bits per heavy atom. The summed E-state index contributed by atoms with van der Waals surface area (Å²) in [6.45, 7) is 6.40. The van der Waals surface area contributed by atoms with Gasteiger partial charge < -0.3 is 10.6 Å². The highest BCUT2D eigenvalue weighted by Gasteiger charge is 2.19. The molecule has 0 saturated heterocycles. The molecule has 124 valence electrons. The molecule has 23 heavy (non-hydrogen) atoms. The fraction of sp³-hybridized carbons (Fsp3) is 0.467. The van der Waals surface area contributed by atoms with Crippen molar-refractivity contribution in [1.82, 2.24) is 20.1 Å². The van der Waals surface area contributed by atoms with Crippen LogP contribution >= 0.6 is 11.3 Å². The van der Waals surface area contributed by atoms with E-state index in [1.165, 1.54) is 10.9 Å². The van der Waals surface area contributed by atoms with Gasteiger partial charge in [0.1, 0.15) is 6.54 Å². The smallest absolute Gasteiger partial charge is 0.241 e. The Morgan fingerprint density at radius 2 is 2.04 bits per heavy atom. The molecule has 2 rings (SSSR count). The molecule has 7 nitrogen and oxygen atoms in total. The lowest BCUT2D eigenvalue weighted by molar-refractivity contribution is -0.121. The number of anilines is 1. The zero-order chi connectivity index (χ0) is 17.0. The molecule has 2 amide bonds. The summed E-state index contributed by atoms with van der Waals surface area (Å²) < 4.78 is 1.47. The van der Waals surface area contributed by atoms with Crippen LogP contribution in [0.4, 0.5) is 5.69 Å². The van der Waals surface area contributed by atoms with Gasteiger partial charge >= 0.3 is 0 Å². The second-order valence-corrected chi connectivity index (χ2v) is 7.08. The van der Waals surface area contributed by atoms with Gasteiger partial charge in [-0.25, -0.2) is 4.98 Å². The van der Waals surface area contributed by atoms with E-state index < -0.39 is 0 Å². The standard InChI is InChI=1S/C15H21N5O2S/c1-15(2,3)14-19-10(9-23-14)5-12(21)18-11-6-17-20(7-11)8-13(22)16-4/h6-7,9H,5,8H2,1-4H3,(H,16,22)(H,18,21). The number of carbonyl (C=O) groups is 2. The highest BCUT2D eigenvalue weighted by atomic mass is 32.1. The summed E-state index contributed by atoms with van der Waals surface area (Å²) in [6, 6.07) is 0. The van der Waals surface area contributed by atoms with E-state index in [2.05, 4.69) is 41.5 Å². The molecule has 0 saturated carbocycles. The Bertz CT molecular complexity index is 699. The largest absolute Gasteiger partial charge is 0.358 e. The number of hydrogen-bond donors (Lipinski definition) is 2.